The Kier molecular flexibility index (Phi) is 5.09. The molecular weight excluding hydrogens is 276 g/mol. The maximum Gasteiger partial charge on any atom is 0.358 e. The zero-order valence-electron chi connectivity index (χ0n) is 11.2. The van der Waals surface area contributed by atoms with Gasteiger partial charge in [-0.2, -0.15) is 0 Å². The molecule has 2 N–H and O–H groups in total. The number of ether oxygens (including phenoxy) is 2. The van der Waals surface area contributed by atoms with Crippen LogP contribution in [0.2, 0.25) is 0 Å². The van der Waals surface area contributed by atoms with Crippen molar-refractivity contribution >= 4 is 22.4 Å². The second-order valence-electron chi connectivity index (χ2n) is 4.02. The quantitative estimate of drug-likeness (QED) is 0.828. The molecule has 0 radical (unpaired) electrons. The molecule has 1 aromatic carbocycles. The highest BCUT2D eigenvalue weighted by molar-refractivity contribution is 7.15. The lowest BCUT2D eigenvalue weighted by Crippen LogP contribution is -2.08. The number of aromatic nitrogens is 1. The molecule has 1 aromatic heterocycles. The van der Waals surface area contributed by atoms with E-state index in [9.17, 15) is 4.79 Å². The molecule has 106 valence electrons. The molecule has 0 aliphatic carbocycles. The molecule has 0 aliphatic heterocycles. The number of esters is 1. The van der Waals surface area contributed by atoms with Gasteiger partial charge in [-0.15, -0.1) is 0 Å². The summed E-state index contributed by atoms with van der Waals surface area (Å²) in [6, 6.07) is 9.81. The summed E-state index contributed by atoms with van der Waals surface area (Å²) in [6.45, 7) is 2.82. The molecule has 0 spiro atoms. The van der Waals surface area contributed by atoms with Gasteiger partial charge in [0.05, 0.1) is 24.7 Å². The summed E-state index contributed by atoms with van der Waals surface area (Å²) >= 11 is 1.24. The van der Waals surface area contributed by atoms with Gasteiger partial charge in [0, 0.05) is 0 Å². The van der Waals surface area contributed by atoms with Crippen molar-refractivity contribution in [3.05, 3.63) is 46.5 Å². The van der Waals surface area contributed by atoms with Crippen LogP contribution in [0, 0.1) is 0 Å². The second-order valence-corrected chi connectivity index (χ2v) is 5.14. The molecule has 0 saturated heterocycles. The monoisotopic (exact) mass is 292 g/mol. The highest BCUT2D eigenvalue weighted by Gasteiger charge is 2.18. The Morgan fingerprint density at radius 1 is 1.30 bits per heavy atom. The number of nitrogen functional groups attached to an aromatic ring is 1. The summed E-state index contributed by atoms with van der Waals surface area (Å²) in [5, 5.41) is 0.339. The minimum absolute atomic E-state index is 0.252. The number of carbonyl (C=O) groups excluding carboxylic acids is 1. The van der Waals surface area contributed by atoms with Crippen molar-refractivity contribution in [3.8, 4) is 0 Å². The highest BCUT2D eigenvalue weighted by atomic mass is 32.1. The predicted molar refractivity (Wildman–Crippen MR) is 77.4 cm³/mol. The average molecular weight is 292 g/mol. The van der Waals surface area contributed by atoms with E-state index in [0.29, 0.717) is 23.2 Å². The Labute approximate surface area is 121 Å². The van der Waals surface area contributed by atoms with Gasteiger partial charge in [-0.05, 0) is 12.5 Å². The molecule has 0 atom stereocenters. The summed E-state index contributed by atoms with van der Waals surface area (Å²) in [6.07, 6.45) is 0. The van der Waals surface area contributed by atoms with Crippen molar-refractivity contribution in [1.29, 1.82) is 0 Å². The topological polar surface area (TPSA) is 74.4 Å². The maximum atomic E-state index is 11.7. The van der Waals surface area contributed by atoms with Gasteiger partial charge in [0.2, 0.25) is 0 Å². The Bertz CT molecular complexity index is 569. The van der Waals surface area contributed by atoms with Crippen LogP contribution < -0.4 is 5.73 Å². The smallest absolute Gasteiger partial charge is 0.358 e. The van der Waals surface area contributed by atoms with Crippen molar-refractivity contribution in [3.63, 3.8) is 0 Å². The van der Waals surface area contributed by atoms with Crippen LogP contribution in [0.3, 0.4) is 0 Å². The van der Waals surface area contributed by atoms with Crippen molar-refractivity contribution in [2.45, 2.75) is 20.1 Å². The summed E-state index contributed by atoms with van der Waals surface area (Å²) < 4.78 is 10.5. The third-order valence-corrected chi connectivity index (χ3v) is 3.39. The fourth-order valence-electron chi connectivity index (χ4n) is 1.66. The van der Waals surface area contributed by atoms with Crippen LogP contribution in [0.25, 0.3) is 0 Å². The Hall–Kier alpha value is -1.92. The zero-order valence-corrected chi connectivity index (χ0v) is 12.0. The van der Waals surface area contributed by atoms with Crippen molar-refractivity contribution in [1.82, 2.24) is 4.98 Å². The van der Waals surface area contributed by atoms with E-state index in [0.717, 1.165) is 5.56 Å². The molecular formula is C14H16N2O3S. The van der Waals surface area contributed by atoms with Crippen molar-refractivity contribution < 1.29 is 14.3 Å². The number of hydrogen-bond donors (Lipinski definition) is 1. The largest absolute Gasteiger partial charge is 0.461 e. The fraction of sp³-hybridized carbons (Fsp3) is 0.286. The van der Waals surface area contributed by atoms with E-state index in [2.05, 4.69) is 4.98 Å². The van der Waals surface area contributed by atoms with Crippen LogP contribution in [0.4, 0.5) is 5.13 Å². The maximum absolute atomic E-state index is 11.7. The molecule has 20 heavy (non-hydrogen) atoms. The minimum Gasteiger partial charge on any atom is -0.461 e. The molecule has 0 fully saturated rings. The van der Waals surface area contributed by atoms with E-state index >= 15 is 0 Å². The van der Waals surface area contributed by atoms with E-state index in [-0.39, 0.29) is 12.3 Å². The number of nitrogens with zero attached hydrogens (tertiary/aromatic N) is 1. The Morgan fingerprint density at radius 3 is 2.75 bits per heavy atom. The molecule has 0 saturated carbocycles. The van der Waals surface area contributed by atoms with Crippen LogP contribution in [0.5, 0.6) is 0 Å². The molecule has 0 unspecified atom stereocenters. The van der Waals surface area contributed by atoms with Crippen molar-refractivity contribution in [2.24, 2.45) is 0 Å². The molecule has 0 bridgehead atoms. The summed E-state index contributed by atoms with van der Waals surface area (Å²) in [4.78, 5) is 16.4. The van der Waals surface area contributed by atoms with E-state index in [1.165, 1.54) is 11.3 Å². The average Bonchev–Trinajstić information content (AvgIpc) is 2.81. The van der Waals surface area contributed by atoms with Gasteiger partial charge in [-0.1, -0.05) is 41.7 Å². The number of hydrogen-bond acceptors (Lipinski definition) is 6. The van der Waals surface area contributed by atoms with Crippen LogP contribution in [0.15, 0.2) is 30.3 Å². The molecule has 5 nitrogen and oxygen atoms in total. The molecule has 2 rings (SSSR count). The molecule has 1 heterocycles. The van der Waals surface area contributed by atoms with Crippen molar-refractivity contribution in [2.75, 3.05) is 12.3 Å². The Balaban J connectivity index is 1.97. The first kappa shape index (κ1) is 14.5. The summed E-state index contributed by atoms with van der Waals surface area (Å²) in [5.41, 5.74) is 6.96. The van der Waals surface area contributed by atoms with E-state index < -0.39 is 5.97 Å². The van der Waals surface area contributed by atoms with Crippen LogP contribution >= 0.6 is 11.3 Å². The van der Waals surface area contributed by atoms with Gasteiger partial charge in [0.15, 0.2) is 10.8 Å². The van der Waals surface area contributed by atoms with Gasteiger partial charge >= 0.3 is 5.97 Å². The molecule has 6 heteroatoms. The van der Waals surface area contributed by atoms with E-state index in [1.54, 1.807) is 6.92 Å². The van der Waals surface area contributed by atoms with Crippen LogP contribution in [-0.2, 0) is 22.7 Å². The standard InChI is InChI=1S/C14H16N2O3S/c1-2-19-13(17)12-11(20-14(15)16-12)9-18-8-10-6-4-3-5-7-10/h3-7H,2,8-9H2,1H3,(H2,15,16). The first-order valence-electron chi connectivity index (χ1n) is 6.24. The van der Waals surface area contributed by atoms with Crippen LogP contribution in [-0.4, -0.2) is 17.6 Å². The lowest BCUT2D eigenvalue weighted by Gasteiger charge is -2.04. The highest BCUT2D eigenvalue weighted by Crippen LogP contribution is 2.22. The van der Waals surface area contributed by atoms with Gasteiger partial charge in [0.25, 0.3) is 0 Å². The van der Waals surface area contributed by atoms with Gasteiger partial charge in [-0.25, -0.2) is 9.78 Å². The first-order valence-corrected chi connectivity index (χ1v) is 7.06. The number of anilines is 1. The second kappa shape index (κ2) is 7.02. The number of nitrogens with two attached hydrogens (primary N) is 1. The third kappa shape index (κ3) is 3.79. The SMILES string of the molecule is CCOC(=O)c1nc(N)sc1COCc1ccccc1. The van der Waals surface area contributed by atoms with Gasteiger partial charge < -0.3 is 15.2 Å². The predicted octanol–water partition coefficient (Wildman–Crippen LogP) is 2.62. The summed E-state index contributed by atoms with van der Waals surface area (Å²) in [5.74, 6) is -0.459. The van der Waals surface area contributed by atoms with Gasteiger partial charge in [0.1, 0.15) is 0 Å². The molecule has 0 amide bonds. The third-order valence-electron chi connectivity index (χ3n) is 2.53. The first-order chi connectivity index (χ1) is 9.70. The lowest BCUT2D eigenvalue weighted by molar-refractivity contribution is 0.0511. The fourth-order valence-corrected chi connectivity index (χ4v) is 2.42. The number of benzene rings is 1. The minimum atomic E-state index is -0.459. The summed E-state index contributed by atoms with van der Waals surface area (Å²) in [7, 11) is 0. The molecule has 2 aromatic rings. The number of carbonyl (C=O) groups is 1. The van der Waals surface area contributed by atoms with E-state index in [4.69, 9.17) is 15.2 Å². The number of rotatable bonds is 6. The number of thiazole rings is 1. The normalized spacial score (nSPS) is 10.4. The lowest BCUT2D eigenvalue weighted by atomic mass is 10.2. The van der Waals surface area contributed by atoms with Gasteiger partial charge in [-0.3, -0.25) is 0 Å². The van der Waals surface area contributed by atoms with Crippen LogP contribution in [0.1, 0.15) is 27.9 Å². The zero-order chi connectivity index (χ0) is 14.4. The Morgan fingerprint density at radius 2 is 2.05 bits per heavy atom. The van der Waals surface area contributed by atoms with E-state index in [1.807, 2.05) is 30.3 Å². The molecule has 0 aliphatic rings.